The molecule has 3 rings (SSSR count). The van der Waals surface area contributed by atoms with E-state index in [9.17, 15) is 4.79 Å². The molecule has 1 aliphatic rings. The van der Waals surface area contributed by atoms with E-state index in [4.69, 9.17) is 9.47 Å². The summed E-state index contributed by atoms with van der Waals surface area (Å²) in [5, 5.41) is 0. The number of benzene rings is 2. The van der Waals surface area contributed by atoms with Crippen LogP contribution in [0.3, 0.4) is 0 Å². The molecule has 1 amide bonds. The predicted octanol–water partition coefficient (Wildman–Crippen LogP) is 8.67. The monoisotopic (exact) mass is 627 g/mol. The van der Waals surface area contributed by atoms with Crippen molar-refractivity contribution in [3.8, 4) is 11.5 Å². The average molecular weight is 626 g/mol. The Bertz CT molecular complexity index is 1010. The summed E-state index contributed by atoms with van der Waals surface area (Å²) in [6.07, 6.45) is 11.8. The van der Waals surface area contributed by atoms with Gasteiger partial charge in [-0.25, -0.2) is 0 Å². The molecule has 0 spiro atoms. The molecule has 5 heteroatoms. The number of methoxy groups -OCH3 is 2. The number of carbonyl (C=O) groups is 1. The van der Waals surface area contributed by atoms with Crippen molar-refractivity contribution in [2.75, 3.05) is 14.2 Å². The van der Waals surface area contributed by atoms with Gasteiger partial charge >= 0.3 is 237 Å². The maximum atomic E-state index is 13.2. The van der Waals surface area contributed by atoms with Crippen molar-refractivity contribution in [3.05, 3.63) is 65.7 Å². The van der Waals surface area contributed by atoms with E-state index < -0.39 is 18.4 Å². The fraction of sp³-hybridized carbons (Fsp3) is 0.545. The Morgan fingerprint density at radius 3 is 2.11 bits per heavy atom. The molecule has 1 fully saturated rings. The molecule has 0 bridgehead atoms. The van der Waals surface area contributed by atoms with Crippen LogP contribution in [0.15, 0.2) is 54.6 Å². The van der Waals surface area contributed by atoms with E-state index >= 15 is 0 Å². The zero-order valence-electron chi connectivity index (χ0n) is 24.4. The SMILES string of the molecule is CCC[CH2][Sn]([CH2]CCC)([CH2]CCC)/[C](=C/[C@H]1CCC(=O)N1Cc1ccc(OC)cc1OC)c1ccccc1. The van der Waals surface area contributed by atoms with Crippen LogP contribution in [-0.2, 0) is 11.3 Å². The second-order valence-electron chi connectivity index (χ2n) is 10.8. The number of rotatable bonds is 16. The number of likely N-dealkylation sites (tertiary alicyclic amines) is 1. The van der Waals surface area contributed by atoms with Crippen LogP contribution < -0.4 is 9.47 Å². The molecular weight excluding hydrogens is 577 g/mol. The van der Waals surface area contributed by atoms with E-state index in [1.807, 2.05) is 18.2 Å². The van der Waals surface area contributed by atoms with Crippen molar-refractivity contribution in [3.63, 3.8) is 0 Å². The standard InChI is InChI=1S/C21H22NO3.3C4H9.Sn/c1-24-19-12-9-17(20(14-19)25-2)15-22-18(11-13-21(22)23)10-8-16-6-4-3-5-7-16;3*1-3-4-2;/h3-7,9-10,12,14,18H,11,13,15H2,1-2H3;3*1,3-4H2,2H3;/t18-;;;;/m0..../s1. The van der Waals surface area contributed by atoms with E-state index in [1.54, 1.807) is 17.8 Å². The Labute approximate surface area is 235 Å². The number of unbranched alkanes of at least 4 members (excludes halogenated alkanes) is 3. The van der Waals surface area contributed by atoms with Gasteiger partial charge in [0.25, 0.3) is 0 Å². The van der Waals surface area contributed by atoms with Crippen LogP contribution in [0.1, 0.15) is 83.3 Å². The van der Waals surface area contributed by atoms with Crippen molar-refractivity contribution in [2.45, 2.75) is 98.0 Å². The average Bonchev–Trinajstić information content (AvgIpc) is 3.30. The summed E-state index contributed by atoms with van der Waals surface area (Å²) in [5.74, 6) is 1.79. The Balaban J connectivity index is 2.07. The van der Waals surface area contributed by atoms with Gasteiger partial charge in [-0.2, -0.15) is 0 Å². The van der Waals surface area contributed by atoms with Crippen LogP contribution in [0.2, 0.25) is 13.3 Å². The molecule has 1 saturated heterocycles. The van der Waals surface area contributed by atoms with E-state index in [2.05, 4.69) is 62.1 Å². The molecule has 2 aromatic rings. The molecule has 0 saturated carbocycles. The van der Waals surface area contributed by atoms with Crippen LogP contribution in [-0.4, -0.2) is 49.4 Å². The van der Waals surface area contributed by atoms with Crippen molar-refractivity contribution >= 4 is 27.9 Å². The van der Waals surface area contributed by atoms with Crippen LogP contribution >= 0.6 is 0 Å². The minimum absolute atomic E-state index is 0.130. The molecule has 1 aliphatic heterocycles. The topological polar surface area (TPSA) is 38.8 Å². The van der Waals surface area contributed by atoms with Crippen LogP contribution in [0.25, 0.3) is 3.59 Å². The summed E-state index contributed by atoms with van der Waals surface area (Å²) in [6, 6.07) is 17.2. The first-order valence-electron chi connectivity index (χ1n) is 14.8. The molecule has 208 valence electrons. The summed E-state index contributed by atoms with van der Waals surface area (Å²) in [6.45, 7) is 7.57. The normalized spacial score (nSPS) is 16.2. The van der Waals surface area contributed by atoms with Crippen molar-refractivity contribution < 1.29 is 14.3 Å². The van der Waals surface area contributed by atoms with Gasteiger partial charge in [-0.05, 0) is 0 Å². The number of nitrogens with zero attached hydrogens (tertiary/aromatic N) is 1. The Kier molecular flexibility index (Phi) is 12.6. The number of hydrogen-bond donors (Lipinski definition) is 0. The Morgan fingerprint density at radius 2 is 1.55 bits per heavy atom. The van der Waals surface area contributed by atoms with E-state index in [0.717, 1.165) is 23.5 Å². The van der Waals surface area contributed by atoms with Gasteiger partial charge in [0.05, 0.1) is 0 Å². The van der Waals surface area contributed by atoms with Gasteiger partial charge < -0.3 is 0 Å². The fourth-order valence-corrected chi connectivity index (χ4v) is 23.1. The summed E-state index contributed by atoms with van der Waals surface area (Å²) in [5.41, 5.74) is 2.44. The number of carbonyl (C=O) groups excluding carboxylic acids is 1. The molecule has 2 aromatic carbocycles. The summed E-state index contributed by atoms with van der Waals surface area (Å²) in [7, 11) is 3.35. The number of ether oxygens (including phenoxy) is 2. The zero-order valence-corrected chi connectivity index (χ0v) is 27.3. The molecule has 0 aliphatic carbocycles. The summed E-state index contributed by atoms with van der Waals surface area (Å²) >= 11 is -2.77. The number of hydrogen-bond acceptors (Lipinski definition) is 3. The maximum absolute atomic E-state index is 13.2. The molecule has 4 nitrogen and oxygen atoms in total. The first-order chi connectivity index (χ1) is 18.5. The fourth-order valence-electron chi connectivity index (χ4n) is 6.01. The quantitative estimate of drug-likeness (QED) is 0.175. The first kappa shape index (κ1) is 30.6. The van der Waals surface area contributed by atoms with Gasteiger partial charge in [0.1, 0.15) is 0 Å². The van der Waals surface area contributed by atoms with Crippen molar-refractivity contribution in [1.82, 2.24) is 4.90 Å². The molecule has 0 N–H and O–H groups in total. The van der Waals surface area contributed by atoms with Gasteiger partial charge in [0.2, 0.25) is 0 Å². The molecule has 38 heavy (non-hydrogen) atoms. The van der Waals surface area contributed by atoms with Crippen LogP contribution in [0, 0.1) is 0 Å². The third kappa shape index (κ3) is 7.80. The van der Waals surface area contributed by atoms with E-state index in [1.165, 1.54) is 57.4 Å². The Hall–Kier alpha value is -1.95. The third-order valence-electron chi connectivity index (χ3n) is 8.25. The minimum atomic E-state index is -2.77. The van der Waals surface area contributed by atoms with Gasteiger partial charge in [-0.15, -0.1) is 0 Å². The molecule has 0 radical (unpaired) electrons. The first-order valence-corrected chi connectivity index (χ1v) is 22.3. The molecule has 1 atom stereocenters. The third-order valence-corrected chi connectivity index (χ3v) is 24.0. The van der Waals surface area contributed by atoms with E-state index in [0.29, 0.717) is 13.0 Å². The second kappa shape index (κ2) is 15.6. The van der Waals surface area contributed by atoms with Crippen molar-refractivity contribution in [1.29, 1.82) is 0 Å². The summed E-state index contributed by atoms with van der Waals surface area (Å²) in [4.78, 5) is 15.3. The zero-order chi connectivity index (χ0) is 27.4. The summed E-state index contributed by atoms with van der Waals surface area (Å²) < 4.78 is 17.0. The molecule has 0 aromatic heterocycles. The van der Waals surface area contributed by atoms with Gasteiger partial charge in [0.15, 0.2) is 0 Å². The van der Waals surface area contributed by atoms with Gasteiger partial charge in [-0.3, -0.25) is 0 Å². The molecule has 1 heterocycles. The second-order valence-corrected chi connectivity index (χ2v) is 24.0. The van der Waals surface area contributed by atoms with Crippen molar-refractivity contribution in [2.24, 2.45) is 0 Å². The van der Waals surface area contributed by atoms with Crippen LogP contribution in [0.4, 0.5) is 0 Å². The Morgan fingerprint density at radius 1 is 0.921 bits per heavy atom. The predicted molar refractivity (Wildman–Crippen MR) is 162 cm³/mol. The number of amides is 1. The van der Waals surface area contributed by atoms with Crippen LogP contribution in [0.5, 0.6) is 11.5 Å². The van der Waals surface area contributed by atoms with E-state index in [-0.39, 0.29) is 11.9 Å². The molecular formula is C33H49NO3Sn. The van der Waals surface area contributed by atoms with Gasteiger partial charge in [-0.1, -0.05) is 0 Å². The molecule has 0 unspecified atom stereocenters. The van der Waals surface area contributed by atoms with Gasteiger partial charge in [0, 0.05) is 0 Å².